The van der Waals surface area contributed by atoms with E-state index < -0.39 is 10.0 Å². The Kier molecular flexibility index (Phi) is 4.68. The second-order valence-corrected chi connectivity index (χ2v) is 7.86. The molecule has 4 nitrogen and oxygen atoms in total. The number of nitrogens with zero attached hydrogens (tertiary/aromatic N) is 1. The monoisotopic (exact) mass is 331 g/mol. The first-order valence-corrected chi connectivity index (χ1v) is 9.37. The van der Waals surface area contributed by atoms with Crippen molar-refractivity contribution in [2.24, 2.45) is 0 Å². The predicted molar refractivity (Wildman–Crippen MR) is 91.0 cm³/mol. The second-order valence-electron chi connectivity index (χ2n) is 5.77. The number of ether oxygens (including phenoxy) is 1. The maximum Gasteiger partial charge on any atom is 0.214 e. The summed E-state index contributed by atoms with van der Waals surface area (Å²) >= 11 is 0. The highest BCUT2D eigenvalue weighted by Gasteiger charge is 2.26. The zero-order chi connectivity index (χ0) is 16.3. The average molecular weight is 331 g/mol. The van der Waals surface area contributed by atoms with Crippen molar-refractivity contribution in [3.8, 4) is 5.75 Å². The van der Waals surface area contributed by atoms with Crippen molar-refractivity contribution < 1.29 is 13.2 Å². The van der Waals surface area contributed by atoms with Crippen LogP contribution in [0.3, 0.4) is 0 Å². The summed E-state index contributed by atoms with van der Waals surface area (Å²) in [6.45, 7) is 0.994. The molecule has 23 heavy (non-hydrogen) atoms. The third-order valence-electron chi connectivity index (χ3n) is 4.28. The number of fused-ring (bicyclic) bond motifs is 1. The van der Waals surface area contributed by atoms with E-state index in [1.54, 1.807) is 11.4 Å². The van der Waals surface area contributed by atoms with Crippen LogP contribution in [-0.2, 0) is 29.4 Å². The highest BCUT2D eigenvalue weighted by atomic mass is 32.2. The molecule has 0 radical (unpaired) electrons. The fraction of sp³-hybridized carbons (Fsp3) is 0.333. The summed E-state index contributed by atoms with van der Waals surface area (Å²) in [5.74, 6) is 0.979. The molecule has 0 spiro atoms. The minimum Gasteiger partial charge on any atom is -0.497 e. The van der Waals surface area contributed by atoms with E-state index in [1.165, 1.54) is 5.56 Å². The SMILES string of the molecule is COc1ccc2c(c1)CCN(S(=O)(=O)CCc1ccccc1)C2. The summed E-state index contributed by atoms with van der Waals surface area (Å²) in [5.41, 5.74) is 3.30. The maximum absolute atomic E-state index is 12.6. The van der Waals surface area contributed by atoms with Crippen LogP contribution >= 0.6 is 0 Å². The first-order chi connectivity index (χ1) is 11.1. The summed E-state index contributed by atoms with van der Waals surface area (Å²) in [7, 11) is -1.59. The van der Waals surface area contributed by atoms with Gasteiger partial charge >= 0.3 is 0 Å². The zero-order valence-electron chi connectivity index (χ0n) is 13.2. The van der Waals surface area contributed by atoms with Crippen LogP contribution in [0.2, 0.25) is 0 Å². The van der Waals surface area contributed by atoms with Crippen LogP contribution in [0.15, 0.2) is 48.5 Å². The number of hydrogen-bond donors (Lipinski definition) is 0. The molecule has 122 valence electrons. The van der Waals surface area contributed by atoms with Crippen LogP contribution in [0, 0.1) is 0 Å². The number of sulfonamides is 1. The van der Waals surface area contributed by atoms with E-state index in [4.69, 9.17) is 4.74 Å². The molecule has 0 saturated heterocycles. The van der Waals surface area contributed by atoms with Crippen LogP contribution in [0.4, 0.5) is 0 Å². The third-order valence-corrected chi connectivity index (χ3v) is 6.09. The smallest absolute Gasteiger partial charge is 0.214 e. The van der Waals surface area contributed by atoms with Gasteiger partial charge < -0.3 is 4.74 Å². The molecule has 1 aliphatic heterocycles. The van der Waals surface area contributed by atoms with E-state index in [1.807, 2.05) is 48.5 Å². The van der Waals surface area contributed by atoms with Crippen molar-refractivity contribution in [2.75, 3.05) is 19.4 Å². The van der Waals surface area contributed by atoms with Gasteiger partial charge in [-0.2, -0.15) is 4.31 Å². The normalized spacial score (nSPS) is 15.2. The molecule has 1 heterocycles. The number of rotatable bonds is 5. The molecule has 0 aliphatic carbocycles. The Labute approximate surface area is 137 Å². The van der Waals surface area contributed by atoms with Crippen LogP contribution < -0.4 is 4.74 Å². The van der Waals surface area contributed by atoms with Gasteiger partial charge in [0.1, 0.15) is 5.75 Å². The van der Waals surface area contributed by atoms with E-state index in [-0.39, 0.29) is 5.75 Å². The molecule has 0 unspecified atom stereocenters. The van der Waals surface area contributed by atoms with Gasteiger partial charge in [0.2, 0.25) is 10.0 Å². The molecular formula is C18H21NO3S. The number of hydrogen-bond acceptors (Lipinski definition) is 3. The molecule has 2 aromatic carbocycles. The summed E-state index contributed by atoms with van der Waals surface area (Å²) in [6, 6.07) is 15.6. The fourth-order valence-corrected chi connectivity index (χ4v) is 4.35. The van der Waals surface area contributed by atoms with E-state index in [0.717, 1.165) is 23.3 Å². The summed E-state index contributed by atoms with van der Waals surface area (Å²) in [4.78, 5) is 0. The van der Waals surface area contributed by atoms with E-state index in [0.29, 0.717) is 19.5 Å². The minimum atomic E-state index is -3.24. The van der Waals surface area contributed by atoms with Gasteiger partial charge in [-0.25, -0.2) is 8.42 Å². The van der Waals surface area contributed by atoms with Crippen molar-refractivity contribution in [1.82, 2.24) is 4.31 Å². The molecule has 0 aromatic heterocycles. The third kappa shape index (κ3) is 3.74. The van der Waals surface area contributed by atoms with Crippen LogP contribution in [0.5, 0.6) is 5.75 Å². The number of methoxy groups -OCH3 is 1. The first-order valence-electron chi connectivity index (χ1n) is 7.76. The van der Waals surface area contributed by atoms with Crippen molar-refractivity contribution in [3.05, 3.63) is 65.2 Å². The van der Waals surface area contributed by atoms with Gasteiger partial charge in [-0.05, 0) is 41.7 Å². The van der Waals surface area contributed by atoms with Gasteiger partial charge in [0.15, 0.2) is 0 Å². The lowest BCUT2D eigenvalue weighted by Gasteiger charge is -2.28. The van der Waals surface area contributed by atoms with Crippen LogP contribution in [-0.4, -0.2) is 32.1 Å². The molecule has 2 aromatic rings. The molecule has 3 rings (SSSR count). The zero-order valence-corrected chi connectivity index (χ0v) is 14.1. The van der Waals surface area contributed by atoms with E-state index in [9.17, 15) is 8.42 Å². The van der Waals surface area contributed by atoms with Crippen molar-refractivity contribution in [1.29, 1.82) is 0 Å². The fourth-order valence-electron chi connectivity index (χ4n) is 2.89. The standard InChI is InChI=1S/C18H21NO3S/c1-22-18-8-7-17-14-19(11-9-16(17)13-18)23(20,21)12-10-15-5-3-2-4-6-15/h2-8,13H,9-12,14H2,1H3. The van der Waals surface area contributed by atoms with Gasteiger partial charge in [-0.1, -0.05) is 36.4 Å². The molecule has 1 aliphatic rings. The van der Waals surface area contributed by atoms with Crippen molar-refractivity contribution in [2.45, 2.75) is 19.4 Å². The predicted octanol–water partition coefficient (Wildman–Crippen LogP) is 2.63. The number of aryl methyl sites for hydroxylation is 1. The van der Waals surface area contributed by atoms with Gasteiger partial charge in [0.05, 0.1) is 12.9 Å². The largest absolute Gasteiger partial charge is 0.497 e. The lowest BCUT2D eigenvalue weighted by atomic mass is 10.0. The topological polar surface area (TPSA) is 46.6 Å². The number of benzene rings is 2. The molecule has 0 atom stereocenters. The highest BCUT2D eigenvalue weighted by molar-refractivity contribution is 7.89. The van der Waals surface area contributed by atoms with Gasteiger partial charge in [-0.15, -0.1) is 0 Å². The van der Waals surface area contributed by atoms with Crippen molar-refractivity contribution in [3.63, 3.8) is 0 Å². The summed E-state index contributed by atoms with van der Waals surface area (Å²) in [6.07, 6.45) is 1.28. The van der Waals surface area contributed by atoms with Crippen molar-refractivity contribution >= 4 is 10.0 Å². The van der Waals surface area contributed by atoms with Gasteiger partial charge in [0.25, 0.3) is 0 Å². The quantitative estimate of drug-likeness (QED) is 0.846. The molecule has 0 saturated carbocycles. The Morgan fingerprint density at radius 2 is 1.87 bits per heavy atom. The first kappa shape index (κ1) is 16.0. The molecule has 0 bridgehead atoms. The molecule has 0 fully saturated rings. The molecule has 0 amide bonds. The maximum atomic E-state index is 12.6. The Hall–Kier alpha value is -1.85. The highest BCUT2D eigenvalue weighted by Crippen LogP contribution is 2.25. The molecule has 0 N–H and O–H groups in total. The minimum absolute atomic E-state index is 0.155. The van der Waals surface area contributed by atoms with Crippen LogP contribution in [0.25, 0.3) is 0 Å². The second kappa shape index (κ2) is 6.72. The molecular weight excluding hydrogens is 310 g/mol. The lowest BCUT2D eigenvalue weighted by molar-refractivity contribution is 0.386. The Morgan fingerprint density at radius 1 is 1.09 bits per heavy atom. The Bertz CT molecular complexity index is 772. The van der Waals surface area contributed by atoms with E-state index in [2.05, 4.69) is 0 Å². The Morgan fingerprint density at radius 3 is 2.61 bits per heavy atom. The summed E-state index contributed by atoms with van der Waals surface area (Å²) < 4.78 is 32.0. The van der Waals surface area contributed by atoms with Gasteiger partial charge in [-0.3, -0.25) is 0 Å². The van der Waals surface area contributed by atoms with E-state index >= 15 is 0 Å². The lowest BCUT2D eigenvalue weighted by Crippen LogP contribution is -2.37. The van der Waals surface area contributed by atoms with Gasteiger partial charge in [0, 0.05) is 13.1 Å². The van der Waals surface area contributed by atoms with Crippen LogP contribution in [0.1, 0.15) is 16.7 Å². The average Bonchev–Trinajstić information content (AvgIpc) is 2.60. The Balaban J connectivity index is 1.69. The summed E-state index contributed by atoms with van der Waals surface area (Å²) in [5, 5.41) is 0. The molecule has 5 heteroatoms.